The van der Waals surface area contributed by atoms with Gasteiger partial charge in [0.1, 0.15) is 12.3 Å². The number of guanidine groups is 1. The molecule has 22 heavy (non-hydrogen) atoms. The van der Waals surface area contributed by atoms with Crippen LogP contribution in [-0.4, -0.2) is 68.1 Å². The molecule has 0 unspecified atom stereocenters. The SMILES string of the molecule is CCNC(=NCc1ccco1)NCCN1CCN(CC)CC1. The smallest absolute Gasteiger partial charge is 0.191 e. The van der Waals surface area contributed by atoms with Crippen LogP contribution in [0.5, 0.6) is 0 Å². The first-order valence-electron chi connectivity index (χ1n) is 8.31. The molecule has 0 saturated carbocycles. The van der Waals surface area contributed by atoms with Crippen LogP contribution < -0.4 is 10.6 Å². The third-order valence-electron chi connectivity index (χ3n) is 3.95. The van der Waals surface area contributed by atoms with Gasteiger partial charge >= 0.3 is 0 Å². The minimum absolute atomic E-state index is 0.567. The van der Waals surface area contributed by atoms with Gasteiger partial charge in [0.2, 0.25) is 0 Å². The van der Waals surface area contributed by atoms with E-state index in [1.165, 1.54) is 13.1 Å². The van der Waals surface area contributed by atoms with Crippen molar-refractivity contribution in [3.8, 4) is 0 Å². The van der Waals surface area contributed by atoms with Gasteiger partial charge in [0.15, 0.2) is 5.96 Å². The summed E-state index contributed by atoms with van der Waals surface area (Å²) >= 11 is 0. The summed E-state index contributed by atoms with van der Waals surface area (Å²) in [5.41, 5.74) is 0. The Morgan fingerprint density at radius 2 is 1.95 bits per heavy atom. The standard InChI is InChI=1S/C16H29N5O/c1-3-17-16(19-14-15-6-5-13-22-15)18-7-8-21-11-9-20(4-2)10-12-21/h5-6,13H,3-4,7-12,14H2,1-2H3,(H2,17,18,19). The monoisotopic (exact) mass is 307 g/mol. The number of nitrogens with zero attached hydrogens (tertiary/aromatic N) is 3. The van der Waals surface area contributed by atoms with Crippen molar-refractivity contribution in [3.63, 3.8) is 0 Å². The first-order chi connectivity index (χ1) is 10.8. The summed E-state index contributed by atoms with van der Waals surface area (Å²) < 4.78 is 5.31. The summed E-state index contributed by atoms with van der Waals surface area (Å²) in [5, 5.41) is 6.67. The normalized spacial score (nSPS) is 17.6. The minimum Gasteiger partial charge on any atom is -0.467 e. The summed E-state index contributed by atoms with van der Waals surface area (Å²) in [6.07, 6.45) is 1.68. The number of likely N-dealkylation sites (N-methyl/N-ethyl adjacent to an activating group) is 1. The van der Waals surface area contributed by atoms with Gasteiger partial charge in [0.25, 0.3) is 0 Å². The highest BCUT2D eigenvalue weighted by molar-refractivity contribution is 5.79. The fraction of sp³-hybridized carbons (Fsp3) is 0.688. The van der Waals surface area contributed by atoms with E-state index in [0.717, 1.165) is 51.0 Å². The van der Waals surface area contributed by atoms with Crippen LogP contribution in [0.2, 0.25) is 0 Å². The predicted molar refractivity (Wildman–Crippen MR) is 90.1 cm³/mol. The molecule has 6 nitrogen and oxygen atoms in total. The van der Waals surface area contributed by atoms with Crippen LogP contribution in [-0.2, 0) is 6.54 Å². The molecule has 0 aliphatic carbocycles. The van der Waals surface area contributed by atoms with Gasteiger partial charge in [-0.2, -0.15) is 0 Å². The van der Waals surface area contributed by atoms with Crippen molar-refractivity contribution in [1.82, 2.24) is 20.4 Å². The summed E-state index contributed by atoms with van der Waals surface area (Å²) in [4.78, 5) is 9.55. The molecule has 2 heterocycles. The minimum atomic E-state index is 0.567. The van der Waals surface area contributed by atoms with Crippen LogP contribution in [0.4, 0.5) is 0 Å². The van der Waals surface area contributed by atoms with E-state index in [9.17, 15) is 0 Å². The van der Waals surface area contributed by atoms with E-state index >= 15 is 0 Å². The van der Waals surface area contributed by atoms with Crippen LogP contribution in [0.3, 0.4) is 0 Å². The van der Waals surface area contributed by atoms with E-state index in [4.69, 9.17) is 4.42 Å². The molecule has 1 aromatic rings. The summed E-state index contributed by atoms with van der Waals surface area (Å²) in [6.45, 7) is 13.6. The van der Waals surface area contributed by atoms with E-state index in [0.29, 0.717) is 6.54 Å². The van der Waals surface area contributed by atoms with Crippen molar-refractivity contribution in [2.45, 2.75) is 20.4 Å². The van der Waals surface area contributed by atoms with E-state index in [-0.39, 0.29) is 0 Å². The van der Waals surface area contributed by atoms with E-state index in [1.54, 1.807) is 6.26 Å². The van der Waals surface area contributed by atoms with Crippen molar-refractivity contribution in [2.24, 2.45) is 4.99 Å². The Morgan fingerprint density at radius 3 is 2.59 bits per heavy atom. The average molecular weight is 307 g/mol. The second-order valence-electron chi connectivity index (χ2n) is 5.48. The van der Waals surface area contributed by atoms with Gasteiger partial charge in [0.05, 0.1) is 6.26 Å². The zero-order valence-electron chi connectivity index (χ0n) is 13.8. The molecule has 0 spiro atoms. The van der Waals surface area contributed by atoms with Gasteiger partial charge in [0, 0.05) is 45.8 Å². The molecule has 0 aromatic carbocycles. The van der Waals surface area contributed by atoms with Gasteiger partial charge < -0.3 is 20.0 Å². The van der Waals surface area contributed by atoms with Gasteiger partial charge in [-0.1, -0.05) is 6.92 Å². The molecule has 0 atom stereocenters. The number of hydrogen-bond donors (Lipinski definition) is 2. The second kappa shape index (κ2) is 9.48. The average Bonchev–Trinajstić information content (AvgIpc) is 3.06. The molecular formula is C16H29N5O. The Kier molecular flexibility index (Phi) is 7.25. The highest BCUT2D eigenvalue weighted by Crippen LogP contribution is 2.01. The third kappa shape index (κ3) is 5.69. The van der Waals surface area contributed by atoms with Crippen molar-refractivity contribution in [1.29, 1.82) is 0 Å². The molecule has 1 aliphatic heterocycles. The summed E-state index contributed by atoms with van der Waals surface area (Å²) in [7, 11) is 0. The highest BCUT2D eigenvalue weighted by atomic mass is 16.3. The molecule has 0 radical (unpaired) electrons. The number of nitrogens with one attached hydrogen (secondary N) is 2. The van der Waals surface area contributed by atoms with Crippen molar-refractivity contribution in [2.75, 3.05) is 52.4 Å². The molecule has 1 aromatic heterocycles. The number of aliphatic imine (C=N–C) groups is 1. The van der Waals surface area contributed by atoms with Crippen LogP contribution in [0.25, 0.3) is 0 Å². The largest absolute Gasteiger partial charge is 0.467 e. The number of furan rings is 1. The van der Waals surface area contributed by atoms with E-state index in [2.05, 4.69) is 39.3 Å². The fourth-order valence-corrected chi connectivity index (χ4v) is 2.56. The Labute approximate surface area is 133 Å². The summed E-state index contributed by atoms with van der Waals surface area (Å²) in [5.74, 6) is 1.74. The maximum Gasteiger partial charge on any atom is 0.191 e. The zero-order chi connectivity index (χ0) is 15.6. The Bertz CT molecular complexity index is 424. The lowest BCUT2D eigenvalue weighted by molar-refractivity contribution is 0.139. The van der Waals surface area contributed by atoms with Crippen LogP contribution in [0.1, 0.15) is 19.6 Å². The second-order valence-corrected chi connectivity index (χ2v) is 5.48. The molecule has 2 rings (SSSR count). The molecular weight excluding hydrogens is 278 g/mol. The van der Waals surface area contributed by atoms with Gasteiger partial charge in [-0.15, -0.1) is 0 Å². The van der Waals surface area contributed by atoms with Gasteiger partial charge in [-0.3, -0.25) is 4.90 Å². The quantitative estimate of drug-likeness (QED) is 0.581. The lowest BCUT2D eigenvalue weighted by Crippen LogP contribution is -2.49. The molecule has 1 fully saturated rings. The Morgan fingerprint density at radius 1 is 1.18 bits per heavy atom. The van der Waals surface area contributed by atoms with Crippen molar-refractivity contribution >= 4 is 5.96 Å². The molecule has 0 amide bonds. The summed E-state index contributed by atoms with van der Waals surface area (Å²) in [6, 6.07) is 3.83. The van der Waals surface area contributed by atoms with E-state index < -0.39 is 0 Å². The van der Waals surface area contributed by atoms with Gasteiger partial charge in [-0.25, -0.2) is 4.99 Å². The van der Waals surface area contributed by atoms with Crippen LogP contribution >= 0.6 is 0 Å². The van der Waals surface area contributed by atoms with E-state index in [1.807, 2.05) is 12.1 Å². The zero-order valence-corrected chi connectivity index (χ0v) is 13.8. The number of piperazine rings is 1. The van der Waals surface area contributed by atoms with Crippen LogP contribution in [0, 0.1) is 0 Å². The van der Waals surface area contributed by atoms with Crippen molar-refractivity contribution in [3.05, 3.63) is 24.2 Å². The fourth-order valence-electron chi connectivity index (χ4n) is 2.56. The maximum atomic E-state index is 5.31. The Balaban J connectivity index is 1.69. The number of hydrogen-bond acceptors (Lipinski definition) is 4. The number of rotatable bonds is 7. The lowest BCUT2D eigenvalue weighted by Gasteiger charge is -2.34. The topological polar surface area (TPSA) is 56.0 Å². The van der Waals surface area contributed by atoms with Crippen molar-refractivity contribution < 1.29 is 4.42 Å². The molecule has 124 valence electrons. The molecule has 6 heteroatoms. The van der Waals surface area contributed by atoms with Crippen LogP contribution in [0.15, 0.2) is 27.8 Å². The lowest BCUT2D eigenvalue weighted by atomic mass is 10.3. The predicted octanol–water partition coefficient (Wildman–Crippen LogP) is 0.972. The third-order valence-corrected chi connectivity index (χ3v) is 3.95. The molecule has 2 N–H and O–H groups in total. The first-order valence-corrected chi connectivity index (χ1v) is 8.31. The molecule has 1 aliphatic rings. The first kappa shape index (κ1) is 16.8. The molecule has 0 bridgehead atoms. The highest BCUT2D eigenvalue weighted by Gasteiger charge is 2.14. The maximum absolute atomic E-state index is 5.31. The Hall–Kier alpha value is -1.53. The molecule has 1 saturated heterocycles. The van der Waals surface area contributed by atoms with Gasteiger partial charge in [-0.05, 0) is 25.6 Å².